The van der Waals surface area contributed by atoms with Crippen molar-refractivity contribution in [2.24, 2.45) is 5.73 Å². The molecule has 0 aliphatic heterocycles. The Bertz CT molecular complexity index is 359. The molecule has 1 heterocycles. The molecule has 0 spiro atoms. The summed E-state index contributed by atoms with van der Waals surface area (Å²) in [4.78, 5) is 4.93. The van der Waals surface area contributed by atoms with Crippen LogP contribution >= 0.6 is 11.3 Å². The predicted molar refractivity (Wildman–Crippen MR) is 58.0 cm³/mol. The SMILES string of the molecule is CS(=O)(=O)CCCC(N)c1cncs1. The van der Waals surface area contributed by atoms with Crippen LogP contribution in [0, 0.1) is 0 Å². The highest BCUT2D eigenvalue weighted by atomic mass is 32.2. The Labute approximate surface area is 88.1 Å². The van der Waals surface area contributed by atoms with E-state index in [-0.39, 0.29) is 11.8 Å². The molecule has 0 radical (unpaired) electrons. The highest BCUT2D eigenvalue weighted by molar-refractivity contribution is 7.90. The first kappa shape index (κ1) is 11.6. The number of thiazole rings is 1. The Hall–Kier alpha value is -0.460. The van der Waals surface area contributed by atoms with Crippen molar-refractivity contribution in [3.8, 4) is 0 Å². The van der Waals surface area contributed by atoms with Crippen LogP contribution in [0.15, 0.2) is 11.7 Å². The molecule has 0 aromatic carbocycles. The fraction of sp³-hybridized carbons (Fsp3) is 0.625. The highest BCUT2D eigenvalue weighted by Gasteiger charge is 2.09. The van der Waals surface area contributed by atoms with Gasteiger partial charge in [-0.1, -0.05) is 0 Å². The van der Waals surface area contributed by atoms with Crippen molar-refractivity contribution in [1.29, 1.82) is 0 Å². The Morgan fingerprint density at radius 3 is 2.86 bits per heavy atom. The quantitative estimate of drug-likeness (QED) is 0.824. The van der Waals surface area contributed by atoms with E-state index in [1.165, 1.54) is 17.6 Å². The molecular weight excluding hydrogens is 220 g/mol. The summed E-state index contributed by atoms with van der Waals surface area (Å²) in [5, 5.41) is 0. The van der Waals surface area contributed by atoms with Gasteiger partial charge >= 0.3 is 0 Å². The molecule has 1 aromatic heterocycles. The molecule has 1 unspecified atom stereocenters. The van der Waals surface area contributed by atoms with Crippen molar-refractivity contribution in [3.63, 3.8) is 0 Å². The molecule has 0 aliphatic rings. The molecule has 0 saturated heterocycles. The molecule has 1 atom stereocenters. The Kier molecular flexibility index (Phi) is 4.03. The van der Waals surface area contributed by atoms with Crippen molar-refractivity contribution >= 4 is 21.2 Å². The summed E-state index contributed by atoms with van der Waals surface area (Å²) in [7, 11) is -2.86. The number of sulfone groups is 1. The highest BCUT2D eigenvalue weighted by Crippen LogP contribution is 2.19. The van der Waals surface area contributed by atoms with Gasteiger partial charge in [-0.25, -0.2) is 8.42 Å². The van der Waals surface area contributed by atoms with Gasteiger partial charge in [0, 0.05) is 29.1 Å². The Morgan fingerprint density at radius 1 is 1.64 bits per heavy atom. The second-order valence-corrected chi connectivity index (χ2v) is 6.46. The molecule has 80 valence electrons. The third-order valence-corrected chi connectivity index (χ3v) is 3.78. The maximum absolute atomic E-state index is 10.8. The molecule has 4 nitrogen and oxygen atoms in total. The zero-order chi connectivity index (χ0) is 10.6. The summed E-state index contributed by atoms with van der Waals surface area (Å²) in [6.07, 6.45) is 4.27. The third kappa shape index (κ3) is 4.17. The van der Waals surface area contributed by atoms with Gasteiger partial charge in [0.15, 0.2) is 0 Å². The third-order valence-electron chi connectivity index (χ3n) is 1.85. The molecule has 6 heteroatoms. The summed E-state index contributed by atoms with van der Waals surface area (Å²) in [5.41, 5.74) is 7.57. The summed E-state index contributed by atoms with van der Waals surface area (Å²) in [6.45, 7) is 0. The minimum absolute atomic E-state index is 0.0794. The number of nitrogens with zero attached hydrogens (tertiary/aromatic N) is 1. The summed E-state index contributed by atoms with van der Waals surface area (Å²) >= 11 is 1.50. The molecule has 0 aliphatic carbocycles. The fourth-order valence-corrected chi connectivity index (χ4v) is 2.47. The van der Waals surface area contributed by atoms with Crippen molar-refractivity contribution in [2.75, 3.05) is 12.0 Å². The van der Waals surface area contributed by atoms with Crippen LogP contribution in [0.25, 0.3) is 0 Å². The maximum Gasteiger partial charge on any atom is 0.147 e. The molecule has 2 N–H and O–H groups in total. The lowest BCUT2D eigenvalue weighted by Crippen LogP contribution is -2.11. The second-order valence-electron chi connectivity index (χ2n) is 3.28. The van der Waals surface area contributed by atoms with Gasteiger partial charge in [0.2, 0.25) is 0 Å². The number of aromatic nitrogens is 1. The van der Waals surface area contributed by atoms with E-state index in [4.69, 9.17) is 5.73 Å². The van der Waals surface area contributed by atoms with E-state index < -0.39 is 9.84 Å². The van der Waals surface area contributed by atoms with Crippen LogP contribution in [0.1, 0.15) is 23.8 Å². The Morgan fingerprint density at radius 2 is 2.36 bits per heavy atom. The topological polar surface area (TPSA) is 73.0 Å². The van der Waals surface area contributed by atoms with Crippen molar-refractivity contribution in [1.82, 2.24) is 4.98 Å². The summed E-state index contributed by atoms with van der Waals surface area (Å²) in [6, 6.07) is -0.0794. The van der Waals surface area contributed by atoms with Gasteiger partial charge in [0.05, 0.1) is 5.51 Å². The van der Waals surface area contributed by atoms with Gasteiger partial charge in [0.25, 0.3) is 0 Å². The largest absolute Gasteiger partial charge is 0.323 e. The van der Waals surface area contributed by atoms with Gasteiger partial charge in [-0.2, -0.15) is 0 Å². The molecule has 0 saturated carbocycles. The van der Waals surface area contributed by atoms with Crippen LogP contribution in [-0.2, 0) is 9.84 Å². The van der Waals surface area contributed by atoms with Crippen LogP contribution in [0.3, 0.4) is 0 Å². The minimum atomic E-state index is -2.86. The average Bonchev–Trinajstić information content (AvgIpc) is 2.53. The fourth-order valence-electron chi connectivity index (χ4n) is 1.12. The smallest absolute Gasteiger partial charge is 0.147 e. The molecule has 0 fully saturated rings. The molecule has 0 bridgehead atoms. The van der Waals surface area contributed by atoms with E-state index in [1.54, 1.807) is 11.7 Å². The van der Waals surface area contributed by atoms with Crippen LogP contribution in [0.4, 0.5) is 0 Å². The normalized spacial score (nSPS) is 14.1. The second kappa shape index (κ2) is 4.86. The van der Waals surface area contributed by atoms with Crippen molar-refractivity contribution < 1.29 is 8.42 Å². The Balaban J connectivity index is 2.33. The first-order chi connectivity index (χ1) is 6.49. The van der Waals surface area contributed by atoms with E-state index in [2.05, 4.69) is 4.98 Å². The predicted octanol–water partition coefficient (Wildman–Crippen LogP) is 0.968. The van der Waals surface area contributed by atoms with E-state index in [0.717, 1.165) is 4.88 Å². The van der Waals surface area contributed by atoms with E-state index in [9.17, 15) is 8.42 Å². The van der Waals surface area contributed by atoms with Gasteiger partial charge in [-0.15, -0.1) is 11.3 Å². The van der Waals surface area contributed by atoms with Crippen LogP contribution < -0.4 is 5.73 Å². The van der Waals surface area contributed by atoms with E-state index in [0.29, 0.717) is 12.8 Å². The van der Waals surface area contributed by atoms with Gasteiger partial charge in [-0.05, 0) is 12.8 Å². The average molecular weight is 234 g/mol. The number of hydrogen-bond acceptors (Lipinski definition) is 5. The molecular formula is C8H14N2O2S2. The number of hydrogen-bond donors (Lipinski definition) is 1. The lowest BCUT2D eigenvalue weighted by molar-refractivity contribution is 0.589. The van der Waals surface area contributed by atoms with Gasteiger partial charge < -0.3 is 5.73 Å². The molecule has 0 amide bonds. The molecule has 14 heavy (non-hydrogen) atoms. The zero-order valence-corrected chi connectivity index (χ0v) is 9.64. The maximum atomic E-state index is 10.8. The lowest BCUT2D eigenvalue weighted by atomic mass is 10.1. The van der Waals surface area contributed by atoms with Gasteiger partial charge in [-0.3, -0.25) is 4.98 Å². The van der Waals surface area contributed by atoms with E-state index >= 15 is 0 Å². The monoisotopic (exact) mass is 234 g/mol. The van der Waals surface area contributed by atoms with E-state index in [1.807, 2.05) is 0 Å². The van der Waals surface area contributed by atoms with Gasteiger partial charge in [0.1, 0.15) is 9.84 Å². The van der Waals surface area contributed by atoms with Crippen LogP contribution in [0.2, 0.25) is 0 Å². The summed E-state index contributed by atoms with van der Waals surface area (Å²) < 4.78 is 21.7. The summed E-state index contributed by atoms with van der Waals surface area (Å²) in [5.74, 6) is 0.208. The first-order valence-corrected chi connectivity index (χ1v) is 7.25. The van der Waals surface area contributed by atoms with Crippen LogP contribution in [0.5, 0.6) is 0 Å². The minimum Gasteiger partial charge on any atom is -0.323 e. The van der Waals surface area contributed by atoms with Crippen molar-refractivity contribution in [2.45, 2.75) is 18.9 Å². The van der Waals surface area contributed by atoms with Crippen molar-refractivity contribution in [3.05, 3.63) is 16.6 Å². The number of nitrogens with two attached hydrogens (primary N) is 1. The lowest BCUT2D eigenvalue weighted by Gasteiger charge is -2.07. The molecule has 1 rings (SSSR count). The zero-order valence-electron chi connectivity index (χ0n) is 8.01. The molecule has 1 aromatic rings. The first-order valence-electron chi connectivity index (χ1n) is 4.31. The van der Waals surface area contributed by atoms with Crippen LogP contribution in [-0.4, -0.2) is 25.4 Å². The standard InChI is InChI=1S/C8H14N2O2S2/c1-14(11,12)4-2-3-7(9)8-5-10-6-13-8/h5-7H,2-4,9H2,1H3. The number of rotatable bonds is 5.